The maximum Gasteiger partial charge on any atom is 0.328 e. The van der Waals surface area contributed by atoms with E-state index in [0.717, 1.165) is 53.7 Å². The molecule has 0 spiro atoms. The summed E-state index contributed by atoms with van der Waals surface area (Å²) in [6.45, 7) is 8.53. The van der Waals surface area contributed by atoms with Gasteiger partial charge >= 0.3 is 5.69 Å². The van der Waals surface area contributed by atoms with Gasteiger partial charge in [0.2, 0.25) is 0 Å². The van der Waals surface area contributed by atoms with Crippen LogP contribution in [-0.4, -0.2) is 53.6 Å². The van der Waals surface area contributed by atoms with Gasteiger partial charge in [-0.2, -0.15) is 0 Å². The first kappa shape index (κ1) is 21.3. The summed E-state index contributed by atoms with van der Waals surface area (Å²) in [5, 5.41) is 4.38. The molecule has 2 N–H and O–H groups in total. The Kier molecular flexibility index (Phi) is 5.97. The molecule has 2 aromatic heterocycles. The zero-order valence-electron chi connectivity index (χ0n) is 18.0. The van der Waals surface area contributed by atoms with E-state index in [4.69, 9.17) is 0 Å². The minimum Gasteiger partial charge on any atom is -0.361 e. The number of fused-ring (bicyclic) bond motifs is 1. The van der Waals surface area contributed by atoms with Crippen molar-refractivity contribution in [3.05, 3.63) is 61.1 Å². The van der Waals surface area contributed by atoms with Crippen LogP contribution in [0.25, 0.3) is 10.9 Å². The molecule has 1 aromatic carbocycles. The molecule has 3 heterocycles. The van der Waals surface area contributed by atoms with Gasteiger partial charge in [0.15, 0.2) is 0 Å². The van der Waals surface area contributed by atoms with E-state index in [0.29, 0.717) is 17.4 Å². The second-order valence-corrected chi connectivity index (χ2v) is 8.83. The van der Waals surface area contributed by atoms with Gasteiger partial charge in [0.25, 0.3) is 11.5 Å². The molecular formula is C22H27N5O3S. The number of carbonyl (C=O) groups excluding carboxylic acids is 1. The van der Waals surface area contributed by atoms with Crippen LogP contribution >= 0.6 is 11.3 Å². The summed E-state index contributed by atoms with van der Waals surface area (Å²) in [5.74, 6) is -0.0435. The van der Waals surface area contributed by atoms with Crippen molar-refractivity contribution in [2.75, 3.05) is 38.1 Å². The van der Waals surface area contributed by atoms with Crippen LogP contribution in [0.15, 0.2) is 33.9 Å². The van der Waals surface area contributed by atoms with Crippen molar-refractivity contribution >= 4 is 33.1 Å². The Labute approximate surface area is 184 Å². The number of amides is 1. The third kappa shape index (κ3) is 4.15. The number of aromatic amines is 1. The first-order chi connectivity index (χ1) is 14.9. The number of carbonyl (C=O) groups is 1. The number of thiophene rings is 1. The molecule has 0 unspecified atom stereocenters. The number of nitrogens with zero attached hydrogens (tertiary/aromatic N) is 3. The number of benzene rings is 1. The number of hydrogen-bond acceptors (Lipinski definition) is 6. The Morgan fingerprint density at radius 2 is 1.90 bits per heavy atom. The molecule has 0 atom stereocenters. The van der Waals surface area contributed by atoms with Crippen molar-refractivity contribution in [1.82, 2.24) is 19.8 Å². The first-order valence-corrected chi connectivity index (χ1v) is 11.3. The second kappa shape index (κ2) is 8.68. The SMILES string of the molecule is CCn1c(=O)[nH]c2cc(CN3CCN(c4sc(C(=O)NC)cc4C)CC3)ccc2c1=O. The quantitative estimate of drug-likeness (QED) is 0.630. The van der Waals surface area contributed by atoms with Gasteiger partial charge in [0.05, 0.1) is 20.8 Å². The van der Waals surface area contributed by atoms with Crippen LogP contribution in [0.1, 0.15) is 27.7 Å². The standard InChI is InChI=1S/C22H27N5O3S/c1-4-27-20(29)16-6-5-15(12-17(16)24-22(27)30)13-25-7-9-26(10-8-25)21-14(2)11-18(31-21)19(28)23-3/h5-6,11-12H,4,7-10,13H2,1-3H3,(H,23,28)(H,24,30). The van der Waals surface area contributed by atoms with E-state index in [9.17, 15) is 14.4 Å². The van der Waals surface area contributed by atoms with Gasteiger partial charge in [-0.25, -0.2) is 4.79 Å². The third-order valence-corrected chi connectivity index (χ3v) is 7.07. The number of aromatic nitrogens is 2. The maximum absolute atomic E-state index is 12.4. The van der Waals surface area contributed by atoms with E-state index < -0.39 is 0 Å². The van der Waals surface area contributed by atoms with Crippen LogP contribution < -0.4 is 21.5 Å². The summed E-state index contributed by atoms with van der Waals surface area (Å²) in [5.41, 5.74) is 2.18. The molecule has 0 saturated carbocycles. The summed E-state index contributed by atoms with van der Waals surface area (Å²) in [7, 11) is 1.65. The van der Waals surface area contributed by atoms with Crippen molar-refractivity contribution in [3.8, 4) is 0 Å². The van der Waals surface area contributed by atoms with Crippen LogP contribution in [0.2, 0.25) is 0 Å². The Hall–Kier alpha value is -2.91. The monoisotopic (exact) mass is 441 g/mol. The number of rotatable bonds is 5. The lowest BCUT2D eigenvalue weighted by molar-refractivity contribution is 0.0967. The number of hydrogen-bond donors (Lipinski definition) is 2. The van der Waals surface area contributed by atoms with Gasteiger partial charge in [-0.15, -0.1) is 11.3 Å². The van der Waals surface area contributed by atoms with E-state index in [1.807, 2.05) is 25.1 Å². The van der Waals surface area contributed by atoms with E-state index >= 15 is 0 Å². The van der Waals surface area contributed by atoms with E-state index in [2.05, 4.69) is 20.1 Å². The Morgan fingerprint density at radius 3 is 2.58 bits per heavy atom. The van der Waals surface area contributed by atoms with Crippen LogP contribution in [0.4, 0.5) is 5.00 Å². The Bertz CT molecular complexity index is 1230. The summed E-state index contributed by atoms with van der Waals surface area (Å²) < 4.78 is 1.21. The molecule has 1 aliphatic rings. The maximum atomic E-state index is 12.4. The van der Waals surface area contributed by atoms with Crippen LogP contribution in [0.5, 0.6) is 0 Å². The van der Waals surface area contributed by atoms with E-state index in [1.165, 1.54) is 4.57 Å². The largest absolute Gasteiger partial charge is 0.361 e. The molecule has 1 saturated heterocycles. The van der Waals surface area contributed by atoms with Crippen LogP contribution in [0, 0.1) is 6.92 Å². The highest BCUT2D eigenvalue weighted by molar-refractivity contribution is 7.18. The van der Waals surface area contributed by atoms with Gasteiger partial charge in [0.1, 0.15) is 0 Å². The molecule has 0 radical (unpaired) electrons. The molecule has 1 fully saturated rings. The van der Waals surface area contributed by atoms with Gasteiger partial charge in [-0.1, -0.05) is 6.07 Å². The highest BCUT2D eigenvalue weighted by Gasteiger charge is 2.22. The van der Waals surface area contributed by atoms with Crippen LogP contribution in [0.3, 0.4) is 0 Å². The second-order valence-electron chi connectivity index (χ2n) is 7.80. The van der Waals surface area contributed by atoms with Gasteiger partial charge in [-0.05, 0) is 43.2 Å². The van der Waals surface area contributed by atoms with E-state index in [1.54, 1.807) is 31.4 Å². The minimum atomic E-state index is -0.367. The average molecular weight is 442 g/mol. The molecule has 0 aliphatic carbocycles. The van der Waals surface area contributed by atoms with Crippen LogP contribution in [-0.2, 0) is 13.1 Å². The third-order valence-electron chi connectivity index (χ3n) is 5.77. The summed E-state index contributed by atoms with van der Waals surface area (Å²) in [6.07, 6.45) is 0. The lowest BCUT2D eigenvalue weighted by Crippen LogP contribution is -2.45. The molecule has 8 nitrogen and oxygen atoms in total. The smallest absolute Gasteiger partial charge is 0.328 e. The summed E-state index contributed by atoms with van der Waals surface area (Å²) >= 11 is 1.54. The molecule has 164 valence electrons. The molecule has 31 heavy (non-hydrogen) atoms. The normalized spacial score (nSPS) is 14.9. The fraction of sp³-hybridized carbons (Fsp3) is 0.409. The highest BCUT2D eigenvalue weighted by atomic mass is 32.1. The molecule has 4 rings (SSSR count). The van der Waals surface area contributed by atoms with Crippen molar-refractivity contribution in [2.24, 2.45) is 0 Å². The lowest BCUT2D eigenvalue weighted by atomic mass is 10.1. The van der Waals surface area contributed by atoms with Gasteiger partial charge in [0, 0.05) is 46.3 Å². The van der Waals surface area contributed by atoms with Crippen molar-refractivity contribution in [2.45, 2.75) is 26.9 Å². The number of anilines is 1. The molecule has 1 aliphatic heterocycles. The Balaban J connectivity index is 1.45. The fourth-order valence-electron chi connectivity index (χ4n) is 4.08. The average Bonchev–Trinajstić information content (AvgIpc) is 3.15. The zero-order chi connectivity index (χ0) is 22.1. The topological polar surface area (TPSA) is 90.4 Å². The molecule has 3 aromatic rings. The summed E-state index contributed by atoms with van der Waals surface area (Å²) in [6, 6.07) is 7.63. The predicted molar refractivity (Wildman–Crippen MR) is 124 cm³/mol. The first-order valence-electron chi connectivity index (χ1n) is 10.5. The highest BCUT2D eigenvalue weighted by Crippen LogP contribution is 2.32. The molecule has 1 amide bonds. The molecule has 0 bridgehead atoms. The summed E-state index contributed by atoms with van der Waals surface area (Å²) in [4.78, 5) is 44.8. The number of piperazine rings is 1. The number of nitrogens with one attached hydrogen (secondary N) is 2. The number of H-pyrrole nitrogens is 1. The Morgan fingerprint density at radius 1 is 1.16 bits per heavy atom. The minimum absolute atomic E-state index is 0.0435. The predicted octanol–water partition coefficient (Wildman–Crippen LogP) is 1.76. The van der Waals surface area contributed by atoms with Crippen molar-refractivity contribution in [3.63, 3.8) is 0 Å². The number of aryl methyl sites for hydroxylation is 1. The van der Waals surface area contributed by atoms with Crippen molar-refractivity contribution < 1.29 is 4.79 Å². The molecule has 9 heteroatoms. The zero-order valence-corrected chi connectivity index (χ0v) is 18.8. The lowest BCUT2D eigenvalue weighted by Gasteiger charge is -2.35. The van der Waals surface area contributed by atoms with Gasteiger partial charge in [-0.3, -0.25) is 19.1 Å². The van der Waals surface area contributed by atoms with Crippen molar-refractivity contribution in [1.29, 1.82) is 0 Å². The fourth-order valence-corrected chi connectivity index (χ4v) is 5.25. The van der Waals surface area contributed by atoms with E-state index in [-0.39, 0.29) is 17.2 Å². The molecular weight excluding hydrogens is 414 g/mol. The van der Waals surface area contributed by atoms with Gasteiger partial charge < -0.3 is 15.2 Å².